The number of ether oxygens (including phenoxy) is 1. The van der Waals surface area contributed by atoms with Crippen molar-refractivity contribution in [3.63, 3.8) is 0 Å². The van der Waals surface area contributed by atoms with Crippen molar-refractivity contribution in [3.05, 3.63) is 53.6 Å². The Kier molecular flexibility index (Phi) is 7.19. The van der Waals surface area contributed by atoms with Crippen LogP contribution in [-0.2, 0) is 20.4 Å². The van der Waals surface area contributed by atoms with E-state index in [1.165, 1.54) is 5.56 Å². The number of anilines is 1. The zero-order valence-electron chi connectivity index (χ0n) is 19.0. The van der Waals surface area contributed by atoms with Gasteiger partial charge in [-0.3, -0.25) is 4.79 Å². The number of hydrogen-bond donors (Lipinski definition) is 0. The number of carbonyl (C=O) groups excluding carboxylic acids is 1. The van der Waals surface area contributed by atoms with Crippen LogP contribution >= 0.6 is 11.3 Å². The lowest BCUT2D eigenvalue weighted by Gasteiger charge is -2.34. The predicted molar refractivity (Wildman–Crippen MR) is 133 cm³/mol. The molecule has 0 atom stereocenters. The quantitative estimate of drug-likeness (QED) is 0.483. The van der Waals surface area contributed by atoms with E-state index in [0.29, 0.717) is 32.6 Å². The van der Waals surface area contributed by atoms with Crippen LogP contribution in [0, 0.1) is 6.92 Å². The summed E-state index contributed by atoms with van der Waals surface area (Å²) in [5.74, 6) is 0.841. The van der Waals surface area contributed by atoms with Crippen molar-refractivity contribution in [2.24, 2.45) is 0 Å². The number of carbonyl (C=O) groups is 1. The molecule has 0 radical (unpaired) electrons. The first-order valence-corrected chi connectivity index (χ1v) is 13.7. The van der Waals surface area contributed by atoms with E-state index in [-0.39, 0.29) is 23.8 Å². The summed E-state index contributed by atoms with van der Waals surface area (Å²) in [6.45, 7) is 4.71. The van der Waals surface area contributed by atoms with E-state index in [0.717, 1.165) is 26.7 Å². The first-order chi connectivity index (χ1) is 15.9. The van der Waals surface area contributed by atoms with E-state index in [1.807, 2.05) is 47.4 Å². The standard InChI is InChI=1S/C24H29N3O4S2/c1-18-10-11-20(31-2)22-23(18)32-24(25-22)27-14-12-26(13-15-27)21(28)9-6-16-33(29,30)17-19-7-4-3-5-8-19/h3-5,7-8,10-11H,6,9,12-17H2,1-2H3. The van der Waals surface area contributed by atoms with E-state index < -0.39 is 9.84 Å². The molecule has 0 N–H and O–H groups in total. The molecule has 4 rings (SSSR count). The number of hydrogen-bond acceptors (Lipinski definition) is 7. The second-order valence-electron chi connectivity index (χ2n) is 8.31. The van der Waals surface area contributed by atoms with Crippen molar-refractivity contribution in [2.45, 2.75) is 25.5 Å². The van der Waals surface area contributed by atoms with Crippen LogP contribution < -0.4 is 9.64 Å². The molecule has 7 nitrogen and oxygen atoms in total. The summed E-state index contributed by atoms with van der Waals surface area (Å²) in [5, 5.41) is 0.941. The van der Waals surface area contributed by atoms with Gasteiger partial charge in [0, 0.05) is 32.6 Å². The predicted octanol–water partition coefficient (Wildman–Crippen LogP) is 3.66. The van der Waals surface area contributed by atoms with Crippen molar-refractivity contribution in [3.8, 4) is 5.75 Å². The van der Waals surface area contributed by atoms with Gasteiger partial charge in [-0.2, -0.15) is 0 Å². The molecule has 0 unspecified atom stereocenters. The van der Waals surface area contributed by atoms with Gasteiger partial charge in [-0.1, -0.05) is 47.7 Å². The van der Waals surface area contributed by atoms with Crippen LogP contribution in [0.4, 0.5) is 5.13 Å². The molecule has 0 saturated carbocycles. The van der Waals surface area contributed by atoms with Crippen molar-refractivity contribution in [1.82, 2.24) is 9.88 Å². The Hall–Kier alpha value is -2.65. The van der Waals surface area contributed by atoms with Gasteiger partial charge in [0.05, 0.1) is 23.3 Å². The minimum Gasteiger partial charge on any atom is -0.494 e. The minimum atomic E-state index is -3.22. The fourth-order valence-corrected chi connectivity index (χ4v) is 6.58. The Morgan fingerprint density at radius 3 is 2.52 bits per heavy atom. The second kappa shape index (κ2) is 10.1. The van der Waals surface area contributed by atoms with E-state index in [1.54, 1.807) is 18.4 Å². The molecule has 176 valence electrons. The molecule has 0 bridgehead atoms. The number of aromatic nitrogens is 1. The van der Waals surface area contributed by atoms with Crippen molar-refractivity contribution in [1.29, 1.82) is 0 Å². The van der Waals surface area contributed by atoms with Crippen LogP contribution in [0.5, 0.6) is 5.75 Å². The number of piperazine rings is 1. The van der Waals surface area contributed by atoms with E-state index in [2.05, 4.69) is 11.8 Å². The van der Waals surface area contributed by atoms with Crippen LogP contribution in [0.3, 0.4) is 0 Å². The van der Waals surface area contributed by atoms with E-state index >= 15 is 0 Å². The summed E-state index contributed by atoms with van der Waals surface area (Å²) in [5.41, 5.74) is 2.83. The molecule has 2 heterocycles. The number of fused-ring (bicyclic) bond motifs is 1. The van der Waals surface area contributed by atoms with Gasteiger partial charge in [0.15, 0.2) is 15.0 Å². The van der Waals surface area contributed by atoms with Crippen LogP contribution in [0.1, 0.15) is 24.0 Å². The second-order valence-corrected chi connectivity index (χ2v) is 11.5. The smallest absolute Gasteiger partial charge is 0.222 e. The minimum absolute atomic E-state index is 0.0198. The van der Waals surface area contributed by atoms with Crippen LogP contribution in [0.25, 0.3) is 10.2 Å². The van der Waals surface area contributed by atoms with Crippen molar-refractivity contribution < 1.29 is 17.9 Å². The lowest BCUT2D eigenvalue weighted by atomic mass is 10.2. The van der Waals surface area contributed by atoms with Gasteiger partial charge in [-0.05, 0) is 30.5 Å². The highest BCUT2D eigenvalue weighted by Gasteiger charge is 2.24. The summed E-state index contributed by atoms with van der Waals surface area (Å²) >= 11 is 1.65. The highest BCUT2D eigenvalue weighted by Crippen LogP contribution is 2.36. The maximum atomic E-state index is 12.6. The number of amides is 1. The zero-order chi connectivity index (χ0) is 23.4. The third-order valence-electron chi connectivity index (χ3n) is 5.89. The first kappa shape index (κ1) is 23.5. The maximum Gasteiger partial charge on any atom is 0.222 e. The molecule has 1 aromatic heterocycles. The highest BCUT2D eigenvalue weighted by molar-refractivity contribution is 7.90. The molecule has 2 aromatic carbocycles. The fraction of sp³-hybridized carbons (Fsp3) is 0.417. The van der Waals surface area contributed by atoms with Crippen molar-refractivity contribution >= 4 is 42.4 Å². The normalized spacial score (nSPS) is 14.6. The summed E-state index contributed by atoms with van der Waals surface area (Å²) in [4.78, 5) is 21.5. The Morgan fingerprint density at radius 1 is 1.09 bits per heavy atom. The molecule has 9 heteroatoms. The molecule has 3 aromatic rings. The number of methoxy groups -OCH3 is 1. The average Bonchev–Trinajstić information content (AvgIpc) is 3.26. The molecule has 1 aliphatic heterocycles. The Balaban J connectivity index is 1.28. The first-order valence-electron chi connectivity index (χ1n) is 11.1. The number of thiazole rings is 1. The number of aryl methyl sites for hydroxylation is 1. The maximum absolute atomic E-state index is 12.6. The Morgan fingerprint density at radius 2 is 1.82 bits per heavy atom. The largest absolute Gasteiger partial charge is 0.494 e. The molecule has 1 saturated heterocycles. The zero-order valence-corrected chi connectivity index (χ0v) is 20.6. The SMILES string of the molecule is COc1ccc(C)c2sc(N3CCN(C(=O)CCCS(=O)(=O)Cc4ccccc4)CC3)nc12. The van der Waals surface area contributed by atoms with Gasteiger partial charge in [0.25, 0.3) is 0 Å². The Bertz CT molecular complexity index is 1220. The fourth-order valence-electron chi connectivity index (χ4n) is 4.05. The topological polar surface area (TPSA) is 79.8 Å². The number of benzene rings is 2. The van der Waals surface area contributed by atoms with Gasteiger partial charge in [-0.25, -0.2) is 13.4 Å². The molecule has 0 spiro atoms. The van der Waals surface area contributed by atoms with Gasteiger partial charge in [0.1, 0.15) is 11.3 Å². The molecule has 1 fully saturated rings. The van der Waals surface area contributed by atoms with E-state index in [9.17, 15) is 13.2 Å². The highest BCUT2D eigenvalue weighted by atomic mass is 32.2. The summed E-state index contributed by atoms with van der Waals surface area (Å²) in [7, 11) is -1.57. The number of nitrogens with zero attached hydrogens (tertiary/aromatic N) is 3. The lowest BCUT2D eigenvalue weighted by molar-refractivity contribution is -0.131. The van der Waals surface area contributed by atoms with Crippen molar-refractivity contribution in [2.75, 3.05) is 43.9 Å². The lowest BCUT2D eigenvalue weighted by Crippen LogP contribution is -2.48. The summed E-state index contributed by atoms with van der Waals surface area (Å²) in [6, 6.07) is 13.1. The van der Waals surface area contributed by atoms with E-state index in [4.69, 9.17) is 9.72 Å². The van der Waals surface area contributed by atoms with Gasteiger partial charge in [0.2, 0.25) is 5.91 Å². The number of rotatable bonds is 8. The molecule has 0 aliphatic carbocycles. The molecule has 33 heavy (non-hydrogen) atoms. The van der Waals surface area contributed by atoms with Crippen LogP contribution in [-0.4, -0.2) is 63.3 Å². The summed E-state index contributed by atoms with van der Waals surface area (Å²) in [6.07, 6.45) is 0.608. The third kappa shape index (κ3) is 5.65. The van der Waals surface area contributed by atoms with Crippen LogP contribution in [0.15, 0.2) is 42.5 Å². The average molecular weight is 488 g/mol. The number of sulfone groups is 1. The van der Waals surface area contributed by atoms with Gasteiger partial charge >= 0.3 is 0 Å². The monoisotopic (exact) mass is 487 g/mol. The molecule has 1 amide bonds. The molecular formula is C24H29N3O4S2. The van der Waals surface area contributed by atoms with Gasteiger partial charge in [-0.15, -0.1) is 0 Å². The third-order valence-corrected chi connectivity index (χ3v) is 8.83. The van der Waals surface area contributed by atoms with Crippen LogP contribution in [0.2, 0.25) is 0 Å². The molecular weight excluding hydrogens is 458 g/mol. The van der Waals surface area contributed by atoms with Gasteiger partial charge < -0.3 is 14.5 Å². The Labute approximate surface area is 198 Å². The summed E-state index contributed by atoms with van der Waals surface area (Å²) < 4.78 is 31.3. The molecule has 1 aliphatic rings.